The third-order valence-corrected chi connectivity index (χ3v) is 3.12. The van der Waals surface area contributed by atoms with E-state index in [1.165, 1.54) is 18.2 Å². The first-order valence-corrected chi connectivity index (χ1v) is 6.66. The van der Waals surface area contributed by atoms with E-state index in [-0.39, 0.29) is 24.0 Å². The van der Waals surface area contributed by atoms with Crippen LogP contribution >= 0.6 is 0 Å². The second kappa shape index (κ2) is 6.99. The number of halogens is 1. The number of ether oxygens (including phenoxy) is 1. The van der Waals surface area contributed by atoms with Crippen LogP contribution in [-0.4, -0.2) is 29.7 Å². The van der Waals surface area contributed by atoms with E-state index in [0.29, 0.717) is 12.3 Å². The van der Waals surface area contributed by atoms with Gasteiger partial charge in [-0.15, -0.1) is 0 Å². The molecule has 6 heteroatoms. The largest absolute Gasteiger partial charge is 0.478 e. The second-order valence-electron chi connectivity index (χ2n) is 4.80. The van der Waals surface area contributed by atoms with Gasteiger partial charge in [0, 0.05) is 23.9 Å². The number of hydrogen-bond donors (Lipinski definition) is 2. The fourth-order valence-electron chi connectivity index (χ4n) is 2.13. The van der Waals surface area contributed by atoms with Crippen LogP contribution in [0.15, 0.2) is 24.3 Å². The average Bonchev–Trinajstić information content (AvgIpc) is 2.92. The van der Waals surface area contributed by atoms with Crippen molar-refractivity contribution in [3.05, 3.63) is 35.7 Å². The van der Waals surface area contributed by atoms with Gasteiger partial charge in [-0.2, -0.15) is 0 Å². The molecule has 5 nitrogen and oxygen atoms in total. The Labute approximate surface area is 121 Å². The van der Waals surface area contributed by atoms with Gasteiger partial charge >= 0.3 is 5.97 Å². The van der Waals surface area contributed by atoms with E-state index < -0.39 is 11.8 Å². The molecule has 1 fully saturated rings. The zero-order valence-electron chi connectivity index (χ0n) is 11.3. The van der Waals surface area contributed by atoms with Crippen LogP contribution in [0, 0.1) is 5.82 Å². The third-order valence-electron chi connectivity index (χ3n) is 3.12. The van der Waals surface area contributed by atoms with Crippen LogP contribution < -0.4 is 5.32 Å². The summed E-state index contributed by atoms with van der Waals surface area (Å²) in [6.07, 6.45) is 4.01. The molecule has 1 aliphatic heterocycles. The molecule has 0 aliphatic carbocycles. The quantitative estimate of drug-likeness (QED) is 0.818. The summed E-state index contributed by atoms with van der Waals surface area (Å²) in [4.78, 5) is 22.3. The lowest BCUT2D eigenvalue weighted by Crippen LogP contribution is -2.19. The number of amides is 1. The number of rotatable bonds is 5. The summed E-state index contributed by atoms with van der Waals surface area (Å²) in [5.74, 6) is -1.92. The van der Waals surface area contributed by atoms with Crippen molar-refractivity contribution in [2.75, 3.05) is 11.9 Å². The maximum Gasteiger partial charge on any atom is 0.328 e. The van der Waals surface area contributed by atoms with E-state index in [2.05, 4.69) is 5.32 Å². The lowest BCUT2D eigenvalue weighted by Gasteiger charge is -2.10. The molecule has 2 N–H and O–H groups in total. The zero-order chi connectivity index (χ0) is 15.2. The lowest BCUT2D eigenvalue weighted by atomic mass is 10.1. The SMILES string of the molecule is O=C(O)/C=C/c1cc(NC(=O)CC2CCCO2)ccc1F. The van der Waals surface area contributed by atoms with Crippen LogP contribution in [0.1, 0.15) is 24.8 Å². The predicted octanol–water partition coefficient (Wildman–Crippen LogP) is 2.43. The van der Waals surface area contributed by atoms with Crippen molar-refractivity contribution < 1.29 is 23.8 Å². The van der Waals surface area contributed by atoms with E-state index in [0.717, 1.165) is 25.0 Å². The Bertz CT molecular complexity index is 565. The number of carbonyl (C=O) groups excluding carboxylic acids is 1. The Morgan fingerprint density at radius 1 is 1.48 bits per heavy atom. The lowest BCUT2D eigenvalue weighted by molar-refractivity contribution is -0.131. The first kappa shape index (κ1) is 15.2. The molecular formula is C15H16FNO4. The molecule has 0 radical (unpaired) electrons. The van der Waals surface area contributed by atoms with E-state index >= 15 is 0 Å². The van der Waals surface area contributed by atoms with Crippen molar-refractivity contribution in [1.29, 1.82) is 0 Å². The molecule has 0 bridgehead atoms. The van der Waals surface area contributed by atoms with E-state index in [4.69, 9.17) is 9.84 Å². The number of carboxylic acids is 1. The Morgan fingerprint density at radius 2 is 2.29 bits per heavy atom. The summed E-state index contributed by atoms with van der Waals surface area (Å²) in [6.45, 7) is 0.679. The van der Waals surface area contributed by atoms with Crippen LogP contribution in [0.25, 0.3) is 6.08 Å². The summed E-state index contributed by atoms with van der Waals surface area (Å²) in [5, 5.41) is 11.2. The number of hydrogen-bond acceptors (Lipinski definition) is 3. The molecule has 1 unspecified atom stereocenters. The minimum absolute atomic E-state index is 0.0585. The smallest absolute Gasteiger partial charge is 0.328 e. The maximum atomic E-state index is 13.5. The highest BCUT2D eigenvalue weighted by molar-refractivity contribution is 5.91. The Balaban J connectivity index is 2.00. The molecule has 1 aromatic rings. The van der Waals surface area contributed by atoms with Gasteiger partial charge in [0.1, 0.15) is 5.82 Å². The minimum Gasteiger partial charge on any atom is -0.478 e. The van der Waals surface area contributed by atoms with E-state index in [9.17, 15) is 14.0 Å². The van der Waals surface area contributed by atoms with Gasteiger partial charge in [0.25, 0.3) is 0 Å². The predicted molar refractivity (Wildman–Crippen MR) is 75.3 cm³/mol. The summed E-state index contributed by atoms with van der Waals surface area (Å²) in [7, 11) is 0. The van der Waals surface area contributed by atoms with Gasteiger partial charge in [0.2, 0.25) is 5.91 Å². The fraction of sp³-hybridized carbons (Fsp3) is 0.333. The molecule has 0 saturated carbocycles. The van der Waals surface area contributed by atoms with Crippen LogP contribution in [0.3, 0.4) is 0 Å². The maximum absolute atomic E-state index is 13.5. The number of carboxylic acid groups (broad SMARTS) is 1. The minimum atomic E-state index is -1.16. The number of nitrogens with one attached hydrogen (secondary N) is 1. The molecule has 1 atom stereocenters. The highest BCUT2D eigenvalue weighted by atomic mass is 19.1. The van der Waals surface area contributed by atoms with E-state index in [1.807, 2.05) is 0 Å². The van der Waals surface area contributed by atoms with Gasteiger partial charge in [-0.25, -0.2) is 9.18 Å². The standard InChI is InChI=1S/C15H16FNO4/c16-13-5-4-11(8-10(13)3-6-15(19)20)17-14(18)9-12-2-1-7-21-12/h3-6,8,12H,1-2,7,9H2,(H,17,18)(H,19,20)/b6-3+. The van der Waals surface area contributed by atoms with Gasteiger partial charge in [0.05, 0.1) is 12.5 Å². The highest BCUT2D eigenvalue weighted by Crippen LogP contribution is 2.19. The fourth-order valence-corrected chi connectivity index (χ4v) is 2.13. The third kappa shape index (κ3) is 4.68. The van der Waals surface area contributed by atoms with Crippen LogP contribution in [0.4, 0.5) is 10.1 Å². The van der Waals surface area contributed by atoms with Crippen LogP contribution in [0.2, 0.25) is 0 Å². The number of anilines is 1. The first-order chi connectivity index (χ1) is 10.0. The molecule has 0 spiro atoms. The van der Waals surface area contributed by atoms with Gasteiger partial charge in [0.15, 0.2) is 0 Å². The molecule has 1 heterocycles. The van der Waals surface area contributed by atoms with Crippen molar-refractivity contribution >= 4 is 23.6 Å². The molecule has 1 aliphatic rings. The monoisotopic (exact) mass is 293 g/mol. The van der Waals surface area contributed by atoms with Crippen molar-refractivity contribution in [3.8, 4) is 0 Å². The Kier molecular flexibility index (Phi) is 5.05. The van der Waals surface area contributed by atoms with Gasteiger partial charge in [-0.3, -0.25) is 4.79 Å². The van der Waals surface area contributed by atoms with Crippen LogP contribution in [-0.2, 0) is 14.3 Å². The van der Waals surface area contributed by atoms with Gasteiger partial charge < -0.3 is 15.2 Å². The Hall–Kier alpha value is -2.21. The zero-order valence-corrected chi connectivity index (χ0v) is 11.3. The van der Waals surface area contributed by atoms with Crippen molar-refractivity contribution in [2.45, 2.75) is 25.4 Å². The van der Waals surface area contributed by atoms with Gasteiger partial charge in [-0.1, -0.05) is 0 Å². The molecular weight excluding hydrogens is 277 g/mol. The van der Waals surface area contributed by atoms with Crippen molar-refractivity contribution in [1.82, 2.24) is 0 Å². The molecule has 0 aromatic heterocycles. The number of aliphatic carboxylic acids is 1. The summed E-state index contributed by atoms with van der Waals surface area (Å²) in [6, 6.07) is 4.01. The summed E-state index contributed by atoms with van der Waals surface area (Å²) in [5.41, 5.74) is 0.525. The number of benzene rings is 1. The highest BCUT2D eigenvalue weighted by Gasteiger charge is 2.19. The van der Waals surface area contributed by atoms with Crippen molar-refractivity contribution in [2.24, 2.45) is 0 Å². The first-order valence-electron chi connectivity index (χ1n) is 6.66. The molecule has 21 heavy (non-hydrogen) atoms. The second-order valence-corrected chi connectivity index (χ2v) is 4.80. The number of carbonyl (C=O) groups is 2. The Morgan fingerprint density at radius 3 is 2.95 bits per heavy atom. The molecule has 112 valence electrons. The molecule has 1 amide bonds. The van der Waals surface area contributed by atoms with Gasteiger partial charge in [-0.05, 0) is 37.1 Å². The molecule has 1 saturated heterocycles. The van der Waals surface area contributed by atoms with E-state index in [1.54, 1.807) is 0 Å². The summed E-state index contributed by atoms with van der Waals surface area (Å²) < 4.78 is 18.9. The normalized spacial score (nSPS) is 18.0. The molecule has 1 aromatic carbocycles. The summed E-state index contributed by atoms with van der Waals surface area (Å²) >= 11 is 0. The topological polar surface area (TPSA) is 75.6 Å². The van der Waals surface area contributed by atoms with Crippen molar-refractivity contribution in [3.63, 3.8) is 0 Å². The van der Waals surface area contributed by atoms with Crippen LogP contribution in [0.5, 0.6) is 0 Å². The molecule has 2 rings (SSSR count). The average molecular weight is 293 g/mol.